The molecule has 0 aliphatic carbocycles. The Kier molecular flexibility index (Phi) is 2.75. The van der Waals surface area contributed by atoms with Crippen LogP contribution in [0.1, 0.15) is 16.0 Å². The van der Waals surface area contributed by atoms with Crippen molar-refractivity contribution in [1.29, 1.82) is 0 Å². The van der Waals surface area contributed by atoms with E-state index in [1.54, 1.807) is 11.3 Å². The van der Waals surface area contributed by atoms with Gasteiger partial charge in [-0.1, -0.05) is 54.6 Å². The van der Waals surface area contributed by atoms with Crippen LogP contribution in [0, 0.1) is 0 Å². The number of benzene rings is 2. The highest BCUT2D eigenvalue weighted by atomic mass is 32.1. The molecule has 1 nitrogen and oxygen atoms in total. The van der Waals surface area contributed by atoms with Crippen LogP contribution < -0.4 is 0 Å². The van der Waals surface area contributed by atoms with Crippen LogP contribution in [0.3, 0.4) is 0 Å². The average Bonchev–Trinajstić information content (AvgIpc) is 2.93. The number of thiophene rings is 1. The number of nitrogens with zero attached hydrogens (tertiary/aromatic N) is 1. The molecule has 0 saturated heterocycles. The van der Waals surface area contributed by atoms with Crippen molar-refractivity contribution in [2.24, 2.45) is 4.99 Å². The van der Waals surface area contributed by atoms with E-state index in [0.717, 1.165) is 12.3 Å². The minimum absolute atomic E-state index is 0.752. The Labute approximate surface area is 122 Å². The molecule has 3 aromatic rings. The second-order valence-electron chi connectivity index (χ2n) is 4.85. The van der Waals surface area contributed by atoms with E-state index in [0.29, 0.717) is 0 Å². The summed E-state index contributed by atoms with van der Waals surface area (Å²) in [6.45, 7) is 0.752. The third kappa shape index (κ3) is 1.81. The summed E-state index contributed by atoms with van der Waals surface area (Å²) in [5, 5.41) is 2.16. The fourth-order valence-electron chi connectivity index (χ4n) is 2.68. The number of rotatable bonds is 1. The molecule has 0 unspecified atom stereocenters. The van der Waals surface area contributed by atoms with Crippen LogP contribution in [0.25, 0.3) is 11.1 Å². The SMILES string of the molecule is c1ccc(C2=NCc3ccccc3-c3ccsc32)cc1. The smallest absolute Gasteiger partial charge is 0.0829 e. The van der Waals surface area contributed by atoms with Crippen LogP contribution in [0.15, 0.2) is 71.0 Å². The number of hydrogen-bond donors (Lipinski definition) is 0. The number of hydrogen-bond acceptors (Lipinski definition) is 2. The van der Waals surface area contributed by atoms with Crippen LogP contribution in [0.5, 0.6) is 0 Å². The van der Waals surface area contributed by atoms with Gasteiger partial charge in [0.15, 0.2) is 0 Å². The second-order valence-corrected chi connectivity index (χ2v) is 5.77. The lowest BCUT2D eigenvalue weighted by atomic mass is 9.99. The summed E-state index contributed by atoms with van der Waals surface area (Å²) in [6, 6.07) is 21.2. The quantitative estimate of drug-likeness (QED) is 0.607. The third-order valence-corrected chi connectivity index (χ3v) is 4.56. The molecule has 4 rings (SSSR count). The van der Waals surface area contributed by atoms with Gasteiger partial charge in [-0.25, -0.2) is 0 Å². The van der Waals surface area contributed by atoms with E-state index in [2.05, 4.69) is 60.0 Å². The normalized spacial score (nSPS) is 13.1. The summed E-state index contributed by atoms with van der Waals surface area (Å²) in [5.74, 6) is 0. The monoisotopic (exact) mass is 275 g/mol. The molecule has 2 heterocycles. The van der Waals surface area contributed by atoms with Gasteiger partial charge in [0.05, 0.1) is 17.1 Å². The zero-order valence-corrected chi connectivity index (χ0v) is 11.7. The van der Waals surface area contributed by atoms with Gasteiger partial charge in [-0.15, -0.1) is 11.3 Å². The Morgan fingerprint density at radius 2 is 1.60 bits per heavy atom. The maximum absolute atomic E-state index is 4.88. The first-order valence-corrected chi connectivity index (χ1v) is 7.57. The van der Waals surface area contributed by atoms with Gasteiger partial charge >= 0.3 is 0 Å². The lowest BCUT2D eigenvalue weighted by Crippen LogP contribution is -2.01. The maximum atomic E-state index is 4.88. The van der Waals surface area contributed by atoms with E-state index in [1.165, 1.54) is 27.1 Å². The molecular weight excluding hydrogens is 262 g/mol. The third-order valence-electron chi connectivity index (χ3n) is 3.64. The van der Waals surface area contributed by atoms with Crippen LogP contribution >= 0.6 is 11.3 Å². The second kappa shape index (κ2) is 4.73. The minimum atomic E-state index is 0.752. The van der Waals surface area contributed by atoms with Crippen molar-refractivity contribution in [2.75, 3.05) is 0 Å². The molecular formula is C18H13NS. The van der Waals surface area contributed by atoms with E-state index in [1.807, 2.05) is 6.07 Å². The minimum Gasteiger partial charge on any atom is -0.278 e. The summed E-state index contributed by atoms with van der Waals surface area (Å²) in [7, 11) is 0. The molecule has 20 heavy (non-hydrogen) atoms. The standard InChI is InChI=1S/C18H13NS/c1-2-6-13(7-3-1)17-18-16(10-11-20-18)15-9-5-4-8-14(15)12-19-17/h1-11H,12H2. The molecule has 0 radical (unpaired) electrons. The van der Waals surface area contributed by atoms with Gasteiger partial charge in [-0.3, -0.25) is 4.99 Å². The Morgan fingerprint density at radius 1 is 0.800 bits per heavy atom. The summed E-state index contributed by atoms with van der Waals surface area (Å²) in [6.07, 6.45) is 0. The van der Waals surface area contributed by atoms with Crippen molar-refractivity contribution in [3.05, 3.63) is 82.0 Å². The maximum Gasteiger partial charge on any atom is 0.0829 e. The molecule has 2 heteroatoms. The molecule has 96 valence electrons. The van der Waals surface area contributed by atoms with Gasteiger partial charge in [-0.05, 0) is 22.6 Å². The fraction of sp³-hybridized carbons (Fsp3) is 0.0556. The molecule has 1 aromatic heterocycles. The zero-order chi connectivity index (χ0) is 13.4. The summed E-state index contributed by atoms with van der Waals surface area (Å²) < 4.78 is 0. The van der Waals surface area contributed by atoms with E-state index in [-0.39, 0.29) is 0 Å². The molecule has 1 aliphatic heterocycles. The summed E-state index contributed by atoms with van der Waals surface area (Å²) in [4.78, 5) is 6.15. The zero-order valence-electron chi connectivity index (χ0n) is 10.9. The summed E-state index contributed by atoms with van der Waals surface area (Å²) >= 11 is 1.77. The Balaban J connectivity index is 1.96. The first kappa shape index (κ1) is 11.6. The summed E-state index contributed by atoms with van der Waals surface area (Å²) in [5.41, 5.74) is 6.25. The van der Waals surface area contributed by atoms with E-state index in [4.69, 9.17) is 4.99 Å². The molecule has 0 atom stereocenters. The topological polar surface area (TPSA) is 12.4 Å². The average molecular weight is 275 g/mol. The van der Waals surface area contributed by atoms with Gasteiger partial charge in [-0.2, -0.15) is 0 Å². The molecule has 0 N–H and O–H groups in total. The van der Waals surface area contributed by atoms with Crippen LogP contribution in [0.4, 0.5) is 0 Å². The van der Waals surface area contributed by atoms with E-state index in [9.17, 15) is 0 Å². The van der Waals surface area contributed by atoms with Gasteiger partial charge in [0.1, 0.15) is 0 Å². The fourth-order valence-corrected chi connectivity index (χ4v) is 3.62. The van der Waals surface area contributed by atoms with Crippen LogP contribution in [-0.2, 0) is 6.54 Å². The highest BCUT2D eigenvalue weighted by molar-refractivity contribution is 7.13. The Bertz CT molecular complexity index is 784. The van der Waals surface area contributed by atoms with Gasteiger partial charge in [0.2, 0.25) is 0 Å². The molecule has 0 amide bonds. The van der Waals surface area contributed by atoms with Crippen molar-refractivity contribution in [3.8, 4) is 11.1 Å². The predicted octanol–water partition coefficient (Wildman–Crippen LogP) is 4.77. The van der Waals surface area contributed by atoms with Crippen molar-refractivity contribution in [1.82, 2.24) is 0 Å². The number of aliphatic imine (C=N–C) groups is 1. The Morgan fingerprint density at radius 3 is 2.50 bits per heavy atom. The van der Waals surface area contributed by atoms with Gasteiger partial charge in [0, 0.05) is 11.1 Å². The van der Waals surface area contributed by atoms with Crippen molar-refractivity contribution >= 4 is 17.0 Å². The van der Waals surface area contributed by atoms with E-state index >= 15 is 0 Å². The van der Waals surface area contributed by atoms with Crippen LogP contribution in [-0.4, -0.2) is 5.71 Å². The lowest BCUT2D eigenvalue weighted by Gasteiger charge is -2.05. The van der Waals surface area contributed by atoms with Crippen molar-refractivity contribution < 1.29 is 0 Å². The van der Waals surface area contributed by atoms with Crippen LogP contribution in [0.2, 0.25) is 0 Å². The highest BCUT2D eigenvalue weighted by Gasteiger charge is 2.19. The molecule has 0 spiro atoms. The molecule has 1 aliphatic rings. The van der Waals surface area contributed by atoms with Crippen molar-refractivity contribution in [3.63, 3.8) is 0 Å². The first-order chi connectivity index (χ1) is 9.93. The van der Waals surface area contributed by atoms with Gasteiger partial charge in [0.25, 0.3) is 0 Å². The first-order valence-electron chi connectivity index (χ1n) is 6.69. The molecule has 0 fully saturated rings. The lowest BCUT2D eigenvalue weighted by molar-refractivity contribution is 1.08. The molecule has 0 saturated carbocycles. The van der Waals surface area contributed by atoms with E-state index < -0.39 is 0 Å². The number of fused-ring (bicyclic) bond motifs is 3. The highest BCUT2D eigenvalue weighted by Crippen LogP contribution is 2.35. The molecule has 2 aromatic carbocycles. The molecule has 0 bridgehead atoms. The van der Waals surface area contributed by atoms with Crippen molar-refractivity contribution in [2.45, 2.75) is 6.54 Å². The predicted molar refractivity (Wildman–Crippen MR) is 85.5 cm³/mol. The largest absolute Gasteiger partial charge is 0.278 e. The Hall–Kier alpha value is -2.19. The van der Waals surface area contributed by atoms with Gasteiger partial charge < -0.3 is 0 Å².